The van der Waals surface area contributed by atoms with Crippen molar-refractivity contribution in [1.29, 1.82) is 0 Å². The number of quaternary nitrogens is 1. The summed E-state index contributed by atoms with van der Waals surface area (Å²) in [5.74, 6) is 2.54. The third kappa shape index (κ3) is 3.05. The predicted octanol–water partition coefficient (Wildman–Crippen LogP) is 2.07. The Morgan fingerprint density at radius 1 is 1.15 bits per heavy atom. The first-order valence-electron chi connectivity index (χ1n) is 8.88. The summed E-state index contributed by atoms with van der Waals surface area (Å²) < 4.78 is 0. The highest BCUT2D eigenvalue weighted by atomic mass is 16.5. The van der Waals surface area contributed by atoms with Crippen molar-refractivity contribution in [3.05, 3.63) is 5.21 Å². The number of piperidine rings is 2. The Morgan fingerprint density at radius 3 is 2.80 bits per heavy atom. The van der Waals surface area contributed by atoms with Crippen molar-refractivity contribution in [2.24, 2.45) is 17.8 Å². The fraction of sp³-hybridized carbons (Fsp3) is 1.00. The summed E-state index contributed by atoms with van der Waals surface area (Å²) in [4.78, 5) is 2.61. The number of hydroxylamine groups is 2. The van der Waals surface area contributed by atoms with Crippen molar-refractivity contribution in [3.8, 4) is 0 Å². The molecule has 2 aliphatic heterocycles. The van der Waals surface area contributed by atoms with Crippen molar-refractivity contribution < 1.29 is 5.06 Å². The molecular formula is C17H32N2O. The van der Waals surface area contributed by atoms with Gasteiger partial charge in [-0.3, -0.25) is 0 Å². The zero-order valence-electron chi connectivity index (χ0n) is 13.3. The van der Waals surface area contributed by atoms with E-state index in [1.807, 2.05) is 0 Å². The van der Waals surface area contributed by atoms with Crippen molar-refractivity contribution in [3.63, 3.8) is 0 Å². The van der Waals surface area contributed by atoms with E-state index in [2.05, 4.69) is 18.9 Å². The minimum Gasteiger partial charge on any atom is -0.634 e. The van der Waals surface area contributed by atoms with Crippen LogP contribution in [0.25, 0.3) is 0 Å². The summed E-state index contributed by atoms with van der Waals surface area (Å²) in [6, 6.07) is 1.21. The molecule has 2 saturated heterocycles. The molecule has 0 aromatic carbocycles. The van der Waals surface area contributed by atoms with Gasteiger partial charge in [-0.15, -0.1) is 0 Å². The minimum absolute atomic E-state index is 0.409. The van der Waals surface area contributed by atoms with Crippen molar-refractivity contribution >= 4 is 0 Å². The molecule has 3 aliphatic rings. The molecule has 0 aromatic rings. The summed E-state index contributed by atoms with van der Waals surface area (Å²) in [6.07, 6.45) is 10.3. The molecule has 1 aliphatic carbocycles. The molecule has 3 rings (SSSR count). The van der Waals surface area contributed by atoms with Gasteiger partial charge < -0.3 is 15.2 Å². The second-order valence-corrected chi connectivity index (χ2v) is 7.84. The molecule has 0 spiro atoms. The van der Waals surface area contributed by atoms with Crippen LogP contribution in [0.3, 0.4) is 0 Å². The van der Waals surface area contributed by atoms with Gasteiger partial charge in [0.05, 0.1) is 12.6 Å². The lowest BCUT2D eigenvalue weighted by Crippen LogP contribution is -3.12. The van der Waals surface area contributed by atoms with E-state index < -0.39 is 0 Å². The molecule has 1 saturated carbocycles. The molecule has 0 bridgehead atoms. The number of rotatable bonds is 2. The summed E-state index contributed by atoms with van der Waals surface area (Å²) >= 11 is 0. The highest BCUT2D eigenvalue weighted by Crippen LogP contribution is 2.43. The average Bonchev–Trinajstić information content (AvgIpc) is 2.42. The van der Waals surface area contributed by atoms with Gasteiger partial charge in [0, 0.05) is 12.5 Å². The monoisotopic (exact) mass is 280 g/mol. The van der Waals surface area contributed by atoms with Gasteiger partial charge in [0.2, 0.25) is 0 Å². The van der Waals surface area contributed by atoms with Crippen molar-refractivity contribution in [2.45, 2.75) is 70.4 Å². The molecular weight excluding hydrogens is 248 g/mol. The quantitative estimate of drug-likeness (QED) is 0.785. The van der Waals surface area contributed by atoms with E-state index in [0.717, 1.165) is 36.8 Å². The van der Waals surface area contributed by atoms with Gasteiger partial charge in [0.1, 0.15) is 0 Å². The van der Waals surface area contributed by atoms with Gasteiger partial charge in [0.15, 0.2) is 0 Å². The van der Waals surface area contributed by atoms with Gasteiger partial charge in [-0.1, -0.05) is 6.92 Å². The zero-order chi connectivity index (χ0) is 14.1. The zero-order valence-corrected chi connectivity index (χ0v) is 13.3. The highest BCUT2D eigenvalue weighted by molar-refractivity contribution is 4.93. The van der Waals surface area contributed by atoms with Crippen molar-refractivity contribution in [1.82, 2.24) is 4.90 Å². The smallest absolute Gasteiger partial charge is 0.0874 e. The van der Waals surface area contributed by atoms with E-state index in [-0.39, 0.29) is 0 Å². The van der Waals surface area contributed by atoms with Gasteiger partial charge >= 0.3 is 0 Å². The standard InChI is InChI=1S/C17H32N2O/c1-13-10-14(12-15-6-3-4-9-19(15)20)16-7-5-8-18(2)17(16)11-13/h13-17,19H,3-12H2,1-2H3. The first-order chi connectivity index (χ1) is 9.65. The lowest BCUT2D eigenvalue weighted by atomic mass is 9.66. The Kier molecular flexibility index (Phi) is 4.68. The molecule has 116 valence electrons. The molecule has 3 heteroatoms. The Morgan fingerprint density at radius 2 is 2.00 bits per heavy atom. The van der Waals surface area contributed by atoms with Crippen LogP contribution in [0, 0.1) is 23.0 Å². The normalized spacial score (nSPS) is 47.0. The largest absolute Gasteiger partial charge is 0.634 e. The van der Waals surface area contributed by atoms with Gasteiger partial charge in [0.25, 0.3) is 0 Å². The van der Waals surface area contributed by atoms with Crippen LogP contribution in [0.5, 0.6) is 0 Å². The summed E-state index contributed by atoms with van der Waals surface area (Å²) in [7, 11) is 2.32. The predicted molar refractivity (Wildman–Crippen MR) is 82.5 cm³/mol. The Hall–Kier alpha value is -0.120. The maximum absolute atomic E-state index is 12.2. The molecule has 3 fully saturated rings. The summed E-state index contributed by atoms with van der Waals surface area (Å²) in [5.41, 5.74) is 0. The van der Waals surface area contributed by atoms with Crippen molar-refractivity contribution in [2.75, 3.05) is 20.1 Å². The molecule has 3 nitrogen and oxygen atoms in total. The van der Waals surface area contributed by atoms with Crippen LogP contribution in [0.2, 0.25) is 0 Å². The Labute approximate surface area is 124 Å². The first-order valence-corrected chi connectivity index (χ1v) is 8.88. The minimum atomic E-state index is 0.409. The van der Waals surface area contributed by atoms with Crippen LogP contribution in [0.4, 0.5) is 0 Å². The van der Waals surface area contributed by atoms with Gasteiger partial charge in [-0.2, -0.15) is 0 Å². The molecule has 0 amide bonds. The number of hydrogen-bond acceptors (Lipinski definition) is 2. The van der Waals surface area contributed by atoms with Crippen LogP contribution in [0.1, 0.15) is 58.3 Å². The second kappa shape index (κ2) is 6.33. The molecule has 6 unspecified atom stereocenters. The average molecular weight is 280 g/mol. The lowest BCUT2D eigenvalue weighted by Gasteiger charge is -2.50. The number of likely N-dealkylation sites (tertiary alicyclic amines) is 1. The summed E-state index contributed by atoms with van der Waals surface area (Å²) in [5, 5.41) is 12.7. The fourth-order valence-electron chi connectivity index (χ4n) is 5.31. The van der Waals surface area contributed by atoms with Crippen LogP contribution in [-0.4, -0.2) is 37.1 Å². The van der Waals surface area contributed by atoms with E-state index in [9.17, 15) is 5.21 Å². The molecule has 2 heterocycles. The molecule has 0 aromatic heterocycles. The molecule has 6 atom stereocenters. The van der Waals surface area contributed by atoms with Gasteiger partial charge in [-0.05, 0) is 76.3 Å². The third-order valence-corrected chi connectivity index (χ3v) is 6.33. The number of hydrogen-bond donors (Lipinski definition) is 1. The maximum atomic E-state index is 12.2. The van der Waals surface area contributed by atoms with Crippen LogP contribution in [-0.2, 0) is 0 Å². The van der Waals surface area contributed by atoms with Gasteiger partial charge in [-0.25, -0.2) is 0 Å². The van der Waals surface area contributed by atoms with E-state index in [1.165, 1.54) is 51.5 Å². The topological polar surface area (TPSA) is 30.7 Å². The van der Waals surface area contributed by atoms with E-state index >= 15 is 0 Å². The Bertz CT molecular complexity index is 322. The van der Waals surface area contributed by atoms with Crippen LogP contribution >= 0.6 is 0 Å². The summed E-state index contributed by atoms with van der Waals surface area (Å²) in [6.45, 7) is 4.57. The Balaban J connectivity index is 1.67. The second-order valence-electron chi connectivity index (χ2n) is 7.84. The van der Waals surface area contributed by atoms with E-state index in [1.54, 1.807) is 0 Å². The van der Waals surface area contributed by atoms with E-state index in [0.29, 0.717) is 11.1 Å². The lowest BCUT2D eigenvalue weighted by molar-refractivity contribution is -0.882. The first kappa shape index (κ1) is 14.8. The molecule has 1 N–H and O–H groups in total. The van der Waals surface area contributed by atoms with Crippen LogP contribution in [0.15, 0.2) is 0 Å². The van der Waals surface area contributed by atoms with Crippen LogP contribution < -0.4 is 5.06 Å². The number of fused-ring (bicyclic) bond motifs is 1. The highest BCUT2D eigenvalue weighted by Gasteiger charge is 2.41. The third-order valence-electron chi connectivity index (χ3n) is 6.33. The fourth-order valence-corrected chi connectivity index (χ4v) is 5.31. The molecule has 20 heavy (non-hydrogen) atoms. The number of nitrogens with one attached hydrogen (secondary N) is 1. The molecule has 0 radical (unpaired) electrons. The SMILES string of the molecule is CC1CC(CC2CCCC[NH+]2[O-])C2CCCN(C)C2C1. The number of nitrogens with zero attached hydrogens (tertiary/aromatic N) is 1. The maximum Gasteiger partial charge on any atom is 0.0874 e. The van der Waals surface area contributed by atoms with E-state index in [4.69, 9.17) is 0 Å².